The molecular weight excluding hydrogens is 399 g/mol. The van der Waals surface area contributed by atoms with Crippen molar-refractivity contribution >= 4 is 34.8 Å². The molecule has 0 aliphatic carbocycles. The lowest BCUT2D eigenvalue weighted by molar-refractivity contribution is 0.101. The van der Waals surface area contributed by atoms with Gasteiger partial charge in [0.1, 0.15) is 0 Å². The molecule has 0 bridgehead atoms. The SMILES string of the molecule is O=C1N=C(c2ccc(Cl)cc2)c2c1c(-c1ccc(Cl)cc1)n(CCCO)c2O. The van der Waals surface area contributed by atoms with Gasteiger partial charge in [0.25, 0.3) is 5.91 Å². The van der Waals surface area contributed by atoms with Crippen molar-refractivity contribution in [1.82, 2.24) is 4.57 Å². The molecule has 0 unspecified atom stereocenters. The zero-order chi connectivity index (χ0) is 19.8. The molecule has 2 aromatic carbocycles. The van der Waals surface area contributed by atoms with E-state index < -0.39 is 5.91 Å². The van der Waals surface area contributed by atoms with E-state index in [-0.39, 0.29) is 12.5 Å². The first-order valence-electron chi connectivity index (χ1n) is 8.73. The first kappa shape index (κ1) is 18.7. The Kier molecular flexibility index (Phi) is 4.98. The van der Waals surface area contributed by atoms with Crippen LogP contribution < -0.4 is 0 Å². The van der Waals surface area contributed by atoms with Gasteiger partial charge < -0.3 is 14.8 Å². The van der Waals surface area contributed by atoms with Crippen LogP contribution in [0, 0.1) is 0 Å². The molecule has 3 aromatic rings. The largest absolute Gasteiger partial charge is 0.494 e. The van der Waals surface area contributed by atoms with Crippen LogP contribution in [0.5, 0.6) is 5.88 Å². The number of amides is 1. The lowest BCUT2D eigenvalue weighted by Gasteiger charge is -2.12. The number of nitrogens with zero attached hydrogens (tertiary/aromatic N) is 2. The maximum absolute atomic E-state index is 12.8. The van der Waals surface area contributed by atoms with Crippen molar-refractivity contribution in [2.24, 2.45) is 4.99 Å². The van der Waals surface area contributed by atoms with Crippen molar-refractivity contribution in [3.8, 4) is 17.1 Å². The summed E-state index contributed by atoms with van der Waals surface area (Å²) in [5, 5.41) is 21.4. The standard InChI is InChI=1S/C21H16Cl2N2O3/c22-14-6-2-12(3-7-14)18-16-17(20(27)24-18)19(13-4-8-15(23)9-5-13)25(21(16)28)10-1-11-26/h2-9,26,28H,1,10-11H2. The minimum Gasteiger partial charge on any atom is -0.494 e. The molecule has 7 heteroatoms. The lowest BCUT2D eigenvalue weighted by Crippen LogP contribution is -2.05. The Balaban J connectivity index is 1.93. The second kappa shape index (κ2) is 7.43. The number of carbonyl (C=O) groups is 1. The summed E-state index contributed by atoms with van der Waals surface area (Å²) in [6, 6.07) is 14.0. The third-order valence-electron chi connectivity index (χ3n) is 4.68. The molecule has 142 valence electrons. The fraction of sp³-hybridized carbons (Fsp3) is 0.143. The fourth-order valence-corrected chi connectivity index (χ4v) is 3.67. The van der Waals surface area contributed by atoms with Crippen LogP contribution in [0.15, 0.2) is 53.5 Å². The molecule has 4 rings (SSSR count). The van der Waals surface area contributed by atoms with Crippen LogP contribution in [0.1, 0.15) is 27.9 Å². The molecule has 0 radical (unpaired) electrons. The number of aliphatic hydroxyl groups excluding tert-OH is 1. The summed E-state index contributed by atoms with van der Waals surface area (Å²) in [5.41, 5.74) is 3.15. The van der Waals surface area contributed by atoms with Gasteiger partial charge in [-0.25, -0.2) is 4.99 Å². The van der Waals surface area contributed by atoms with Crippen molar-refractivity contribution in [3.05, 3.63) is 75.3 Å². The molecule has 2 heterocycles. The highest BCUT2D eigenvalue weighted by Gasteiger charge is 2.35. The highest BCUT2D eigenvalue weighted by Crippen LogP contribution is 2.41. The Morgan fingerprint density at radius 3 is 2.04 bits per heavy atom. The minimum absolute atomic E-state index is 0.0333. The summed E-state index contributed by atoms with van der Waals surface area (Å²) in [7, 11) is 0. The van der Waals surface area contributed by atoms with Crippen molar-refractivity contribution in [3.63, 3.8) is 0 Å². The molecule has 0 saturated heterocycles. The Labute approximate surface area is 171 Å². The van der Waals surface area contributed by atoms with E-state index in [1.54, 1.807) is 53.1 Å². The quantitative estimate of drug-likeness (QED) is 0.643. The Hall–Kier alpha value is -2.60. The number of aromatic hydroxyl groups is 1. The molecule has 0 saturated carbocycles. The summed E-state index contributed by atoms with van der Waals surface area (Å²) >= 11 is 12.0. The van der Waals surface area contributed by atoms with Crippen LogP contribution in [-0.4, -0.2) is 33.0 Å². The molecule has 0 fully saturated rings. The number of hydrogen-bond donors (Lipinski definition) is 2. The fourth-order valence-electron chi connectivity index (χ4n) is 3.42. The van der Waals surface area contributed by atoms with Crippen LogP contribution in [-0.2, 0) is 6.54 Å². The molecular formula is C21H16Cl2N2O3. The third kappa shape index (κ3) is 3.11. The number of rotatable bonds is 5. The van der Waals surface area contributed by atoms with E-state index in [9.17, 15) is 15.0 Å². The van der Waals surface area contributed by atoms with Crippen LogP contribution >= 0.6 is 23.2 Å². The molecule has 1 aliphatic rings. The van der Waals surface area contributed by atoms with Crippen LogP contribution in [0.2, 0.25) is 10.0 Å². The Morgan fingerprint density at radius 1 is 0.893 bits per heavy atom. The van der Waals surface area contributed by atoms with E-state index in [4.69, 9.17) is 23.2 Å². The average molecular weight is 415 g/mol. The van der Waals surface area contributed by atoms with Crippen molar-refractivity contribution in [2.45, 2.75) is 13.0 Å². The molecule has 5 nitrogen and oxygen atoms in total. The molecule has 1 amide bonds. The lowest BCUT2D eigenvalue weighted by atomic mass is 10.0. The topological polar surface area (TPSA) is 74.8 Å². The number of aliphatic imine (C=N–C) groups is 1. The zero-order valence-corrected chi connectivity index (χ0v) is 16.2. The van der Waals surface area contributed by atoms with Gasteiger partial charge in [-0.3, -0.25) is 4.79 Å². The van der Waals surface area contributed by atoms with Crippen LogP contribution in [0.4, 0.5) is 0 Å². The molecule has 0 atom stereocenters. The predicted octanol–water partition coefficient (Wildman–Crippen LogP) is 4.54. The van der Waals surface area contributed by atoms with Gasteiger partial charge in [-0.15, -0.1) is 0 Å². The summed E-state index contributed by atoms with van der Waals surface area (Å²) in [6.45, 7) is 0.322. The molecule has 0 spiro atoms. The summed E-state index contributed by atoms with van der Waals surface area (Å²) in [6.07, 6.45) is 0.434. The predicted molar refractivity (Wildman–Crippen MR) is 110 cm³/mol. The van der Waals surface area contributed by atoms with Crippen molar-refractivity contribution in [2.75, 3.05) is 6.61 Å². The summed E-state index contributed by atoms with van der Waals surface area (Å²) < 4.78 is 1.65. The van der Waals surface area contributed by atoms with Gasteiger partial charge in [-0.2, -0.15) is 0 Å². The molecule has 1 aliphatic heterocycles. The number of aromatic nitrogens is 1. The van der Waals surface area contributed by atoms with Gasteiger partial charge in [-0.1, -0.05) is 47.5 Å². The number of fused-ring (bicyclic) bond motifs is 1. The maximum Gasteiger partial charge on any atom is 0.280 e. The summed E-state index contributed by atoms with van der Waals surface area (Å²) in [5.74, 6) is -0.462. The smallest absolute Gasteiger partial charge is 0.280 e. The van der Waals surface area contributed by atoms with E-state index in [2.05, 4.69) is 4.99 Å². The monoisotopic (exact) mass is 414 g/mol. The van der Waals surface area contributed by atoms with Gasteiger partial charge in [0.05, 0.1) is 22.5 Å². The molecule has 28 heavy (non-hydrogen) atoms. The number of carbonyl (C=O) groups excluding carboxylic acids is 1. The first-order valence-corrected chi connectivity index (χ1v) is 9.48. The van der Waals surface area contributed by atoms with Gasteiger partial charge in [0, 0.05) is 28.8 Å². The first-order chi connectivity index (χ1) is 13.5. The van der Waals surface area contributed by atoms with Crippen molar-refractivity contribution in [1.29, 1.82) is 0 Å². The van der Waals surface area contributed by atoms with Gasteiger partial charge in [0.15, 0.2) is 0 Å². The van der Waals surface area contributed by atoms with Crippen LogP contribution in [0.3, 0.4) is 0 Å². The van der Waals surface area contributed by atoms with Gasteiger partial charge in [-0.05, 0) is 36.2 Å². The average Bonchev–Trinajstić information content (AvgIpc) is 3.17. The summed E-state index contributed by atoms with van der Waals surface area (Å²) in [4.78, 5) is 17.0. The Morgan fingerprint density at radius 2 is 1.46 bits per heavy atom. The second-order valence-corrected chi connectivity index (χ2v) is 7.30. The molecule has 2 N–H and O–H groups in total. The number of benzene rings is 2. The number of hydrogen-bond acceptors (Lipinski definition) is 3. The van der Waals surface area contributed by atoms with E-state index in [1.807, 2.05) is 0 Å². The number of aliphatic hydroxyl groups is 1. The minimum atomic E-state index is -0.414. The van der Waals surface area contributed by atoms with Crippen LogP contribution in [0.25, 0.3) is 11.3 Å². The zero-order valence-electron chi connectivity index (χ0n) is 14.7. The third-order valence-corrected chi connectivity index (χ3v) is 5.18. The van der Waals surface area contributed by atoms with E-state index >= 15 is 0 Å². The van der Waals surface area contributed by atoms with E-state index in [1.165, 1.54) is 0 Å². The van der Waals surface area contributed by atoms with E-state index in [0.717, 1.165) is 5.56 Å². The Bertz CT molecular complexity index is 1080. The number of halogens is 2. The molecule has 1 aromatic heterocycles. The highest BCUT2D eigenvalue weighted by atomic mass is 35.5. The second-order valence-electron chi connectivity index (χ2n) is 6.43. The van der Waals surface area contributed by atoms with Gasteiger partial charge in [0.2, 0.25) is 5.88 Å². The van der Waals surface area contributed by atoms with Crippen molar-refractivity contribution < 1.29 is 15.0 Å². The van der Waals surface area contributed by atoms with E-state index in [0.29, 0.717) is 51.1 Å². The van der Waals surface area contributed by atoms with Gasteiger partial charge >= 0.3 is 0 Å². The normalized spacial score (nSPS) is 13.0. The maximum atomic E-state index is 12.8. The highest BCUT2D eigenvalue weighted by molar-refractivity contribution is 6.32.